The van der Waals surface area contributed by atoms with Crippen molar-refractivity contribution in [3.63, 3.8) is 0 Å². The summed E-state index contributed by atoms with van der Waals surface area (Å²) in [4.78, 5) is 0. The first-order valence-corrected chi connectivity index (χ1v) is 8.50. The van der Waals surface area contributed by atoms with Gasteiger partial charge in [0, 0.05) is 24.9 Å². The van der Waals surface area contributed by atoms with Gasteiger partial charge in [0.15, 0.2) is 0 Å². The molecule has 0 spiro atoms. The van der Waals surface area contributed by atoms with Crippen LogP contribution in [0.1, 0.15) is 12.8 Å². The summed E-state index contributed by atoms with van der Waals surface area (Å²) in [6, 6.07) is 3.78. The standard InChI is InChI=1S/C8H19OSi2/c1-11(2,7-3-5-9)8-4-6-10/h9H,3-8H2,1-2H3. The fourth-order valence-electron chi connectivity index (χ4n) is 1.25. The van der Waals surface area contributed by atoms with E-state index in [0.29, 0.717) is 6.61 Å². The van der Waals surface area contributed by atoms with Gasteiger partial charge in [-0.1, -0.05) is 37.6 Å². The lowest BCUT2D eigenvalue weighted by Gasteiger charge is -2.21. The minimum absolute atomic E-state index is 0.365. The van der Waals surface area contributed by atoms with Crippen LogP contribution in [-0.4, -0.2) is 30.0 Å². The molecule has 0 amide bonds. The van der Waals surface area contributed by atoms with Crippen molar-refractivity contribution in [2.24, 2.45) is 0 Å². The topological polar surface area (TPSA) is 20.2 Å². The quantitative estimate of drug-likeness (QED) is 0.631. The van der Waals surface area contributed by atoms with E-state index in [1.54, 1.807) is 0 Å². The third-order valence-corrected chi connectivity index (χ3v) is 5.81. The highest BCUT2D eigenvalue weighted by molar-refractivity contribution is 6.77. The number of aliphatic hydroxyl groups excluding tert-OH is 1. The fourth-order valence-corrected chi connectivity index (χ4v) is 4.28. The zero-order valence-corrected chi connectivity index (χ0v) is 9.69. The first-order valence-electron chi connectivity index (χ1n) is 4.38. The number of rotatable bonds is 6. The van der Waals surface area contributed by atoms with Crippen LogP contribution in [0.25, 0.3) is 0 Å². The maximum absolute atomic E-state index is 8.67. The molecule has 0 aliphatic rings. The van der Waals surface area contributed by atoms with Crippen LogP contribution in [-0.2, 0) is 0 Å². The van der Waals surface area contributed by atoms with Crippen molar-refractivity contribution in [1.29, 1.82) is 0 Å². The van der Waals surface area contributed by atoms with Gasteiger partial charge in [-0.3, -0.25) is 0 Å². The summed E-state index contributed by atoms with van der Waals surface area (Å²) >= 11 is 0. The van der Waals surface area contributed by atoms with E-state index >= 15 is 0 Å². The molecule has 0 fully saturated rings. The maximum atomic E-state index is 8.67. The van der Waals surface area contributed by atoms with Gasteiger partial charge in [-0.2, -0.15) is 0 Å². The molecule has 0 saturated heterocycles. The van der Waals surface area contributed by atoms with E-state index in [4.69, 9.17) is 5.11 Å². The van der Waals surface area contributed by atoms with Gasteiger partial charge in [0.25, 0.3) is 0 Å². The molecule has 0 aliphatic heterocycles. The third-order valence-electron chi connectivity index (χ3n) is 2.04. The summed E-state index contributed by atoms with van der Waals surface area (Å²) in [5, 5.41) is 8.67. The number of aliphatic hydroxyl groups is 1. The summed E-state index contributed by atoms with van der Waals surface area (Å²) in [6.45, 7) is 5.18. The van der Waals surface area contributed by atoms with E-state index in [1.165, 1.54) is 18.5 Å². The Morgan fingerprint density at radius 2 is 1.73 bits per heavy atom. The van der Waals surface area contributed by atoms with E-state index in [0.717, 1.165) is 12.5 Å². The molecule has 0 rings (SSSR count). The lowest BCUT2D eigenvalue weighted by atomic mass is 10.5. The van der Waals surface area contributed by atoms with Gasteiger partial charge in [-0.05, 0) is 6.42 Å². The monoisotopic (exact) mass is 187 g/mol. The highest BCUT2D eigenvalue weighted by Crippen LogP contribution is 2.19. The normalized spacial score (nSPS) is 12.0. The second-order valence-corrected chi connectivity index (χ2v) is 9.67. The van der Waals surface area contributed by atoms with Crippen molar-refractivity contribution in [2.45, 2.75) is 44.1 Å². The minimum Gasteiger partial charge on any atom is -0.396 e. The Morgan fingerprint density at radius 3 is 2.18 bits per heavy atom. The van der Waals surface area contributed by atoms with E-state index in [-0.39, 0.29) is 0 Å². The molecule has 3 heteroatoms. The van der Waals surface area contributed by atoms with Gasteiger partial charge < -0.3 is 5.11 Å². The smallest absolute Gasteiger partial charge is 0.0474 e. The second kappa shape index (κ2) is 5.97. The average molecular weight is 187 g/mol. The molecule has 11 heavy (non-hydrogen) atoms. The first kappa shape index (κ1) is 11.4. The van der Waals surface area contributed by atoms with Crippen LogP contribution in [0.5, 0.6) is 0 Å². The fraction of sp³-hybridized carbons (Fsp3) is 1.00. The van der Waals surface area contributed by atoms with Gasteiger partial charge in [0.1, 0.15) is 0 Å². The number of hydrogen-bond acceptors (Lipinski definition) is 1. The van der Waals surface area contributed by atoms with E-state index in [1.807, 2.05) is 0 Å². The van der Waals surface area contributed by atoms with Gasteiger partial charge in [0.05, 0.1) is 0 Å². The van der Waals surface area contributed by atoms with Crippen molar-refractivity contribution in [2.75, 3.05) is 6.61 Å². The van der Waals surface area contributed by atoms with Gasteiger partial charge in [0.2, 0.25) is 0 Å². The van der Waals surface area contributed by atoms with Crippen LogP contribution in [0.15, 0.2) is 0 Å². The first-order chi connectivity index (χ1) is 5.12. The SMILES string of the molecule is C[Si](C)(CCCO)CCC[Si]. The molecule has 1 nitrogen and oxygen atoms in total. The van der Waals surface area contributed by atoms with E-state index in [9.17, 15) is 0 Å². The molecule has 0 aromatic heterocycles. The summed E-state index contributed by atoms with van der Waals surface area (Å²) in [5.74, 6) is 0. The molecule has 0 bridgehead atoms. The summed E-state index contributed by atoms with van der Waals surface area (Å²) < 4.78 is 0. The van der Waals surface area contributed by atoms with Gasteiger partial charge in [-0.15, -0.1) is 0 Å². The highest BCUT2D eigenvalue weighted by atomic mass is 28.3. The van der Waals surface area contributed by atoms with Crippen LogP contribution in [0.2, 0.25) is 31.2 Å². The molecule has 1 N–H and O–H groups in total. The molecule has 0 aliphatic carbocycles. The molecule has 0 aromatic carbocycles. The van der Waals surface area contributed by atoms with Gasteiger partial charge >= 0.3 is 0 Å². The summed E-state index contributed by atoms with van der Waals surface area (Å²) in [7, 11) is 2.55. The molecule has 65 valence electrons. The van der Waals surface area contributed by atoms with Gasteiger partial charge in [-0.25, -0.2) is 0 Å². The van der Waals surface area contributed by atoms with Crippen LogP contribution < -0.4 is 0 Å². The maximum Gasteiger partial charge on any atom is 0.0474 e. The Kier molecular flexibility index (Phi) is 6.18. The zero-order valence-electron chi connectivity index (χ0n) is 7.69. The van der Waals surface area contributed by atoms with Crippen LogP contribution in [0, 0.1) is 0 Å². The minimum atomic E-state index is -0.936. The number of hydrogen-bond donors (Lipinski definition) is 1. The molecule has 0 aromatic rings. The van der Waals surface area contributed by atoms with Crippen molar-refractivity contribution in [3.8, 4) is 0 Å². The van der Waals surface area contributed by atoms with E-state index < -0.39 is 8.07 Å². The van der Waals surface area contributed by atoms with Crippen molar-refractivity contribution in [3.05, 3.63) is 0 Å². The average Bonchev–Trinajstić information content (AvgIpc) is 1.97. The Labute approximate surface area is 74.6 Å². The Morgan fingerprint density at radius 1 is 1.18 bits per heavy atom. The molecule has 0 atom stereocenters. The molecule has 0 unspecified atom stereocenters. The Balaban J connectivity index is 3.43. The lowest BCUT2D eigenvalue weighted by Crippen LogP contribution is -2.24. The lowest BCUT2D eigenvalue weighted by molar-refractivity contribution is 0.294. The molecular formula is C8H19OSi2. The predicted octanol–water partition coefficient (Wildman–Crippen LogP) is 2.05. The summed E-state index contributed by atoms with van der Waals surface area (Å²) in [6.07, 6.45) is 2.29. The second-order valence-electron chi connectivity index (χ2n) is 3.84. The Hall–Kier alpha value is 0.394. The van der Waals surface area contributed by atoms with Crippen LogP contribution in [0.3, 0.4) is 0 Å². The molecule has 0 heterocycles. The van der Waals surface area contributed by atoms with Crippen LogP contribution >= 0.6 is 0 Å². The predicted molar refractivity (Wildman–Crippen MR) is 54.0 cm³/mol. The largest absolute Gasteiger partial charge is 0.396 e. The van der Waals surface area contributed by atoms with E-state index in [2.05, 4.69) is 23.3 Å². The third kappa shape index (κ3) is 6.78. The van der Waals surface area contributed by atoms with Crippen molar-refractivity contribution in [1.82, 2.24) is 0 Å². The van der Waals surface area contributed by atoms with Crippen molar-refractivity contribution >= 4 is 18.3 Å². The van der Waals surface area contributed by atoms with Crippen LogP contribution in [0.4, 0.5) is 0 Å². The molecular weight excluding hydrogens is 168 g/mol. The zero-order chi connectivity index (χ0) is 8.74. The van der Waals surface area contributed by atoms with Crippen molar-refractivity contribution < 1.29 is 5.11 Å². The highest BCUT2D eigenvalue weighted by Gasteiger charge is 2.18. The molecule has 0 saturated carbocycles. The Bertz CT molecular complexity index is 84.1. The summed E-state index contributed by atoms with van der Waals surface area (Å²) in [5.41, 5.74) is 0. The molecule has 3 radical (unpaired) electrons.